The molecule has 1 aliphatic carbocycles. The van der Waals surface area contributed by atoms with Crippen LogP contribution in [-0.4, -0.2) is 58.7 Å². The Balaban J connectivity index is 1.39. The second-order valence-corrected chi connectivity index (χ2v) is 8.40. The highest BCUT2D eigenvalue weighted by Gasteiger charge is 2.19. The number of anilines is 1. The number of carbonyl (C=O) groups excluding carboxylic acids is 1. The number of urea groups is 1. The minimum Gasteiger partial charge on any atom is -0.328 e. The van der Waals surface area contributed by atoms with E-state index in [9.17, 15) is 14.0 Å². The van der Waals surface area contributed by atoms with Crippen LogP contribution in [0, 0.1) is 5.82 Å². The molecule has 1 aliphatic heterocycles. The molecule has 2 fully saturated rings. The predicted octanol–water partition coefficient (Wildman–Crippen LogP) is 1.17. The van der Waals surface area contributed by atoms with Crippen LogP contribution in [0.1, 0.15) is 31.2 Å². The van der Waals surface area contributed by atoms with Crippen LogP contribution >= 0.6 is 0 Å². The molecule has 5 N–H and O–H groups in total. The van der Waals surface area contributed by atoms with Crippen molar-refractivity contribution in [3.05, 3.63) is 52.3 Å². The van der Waals surface area contributed by atoms with Gasteiger partial charge in [-0.2, -0.15) is 4.98 Å². The van der Waals surface area contributed by atoms with Gasteiger partial charge in [0.2, 0.25) is 0 Å². The summed E-state index contributed by atoms with van der Waals surface area (Å²) in [6.07, 6.45) is 5.46. The summed E-state index contributed by atoms with van der Waals surface area (Å²) in [5, 5.41) is 9.22. The lowest BCUT2D eigenvalue weighted by Gasteiger charge is -2.27. The first-order valence-electron chi connectivity index (χ1n) is 11.1. The number of aromatic nitrogens is 2. The van der Waals surface area contributed by atoms with E-state index in [-0.39, 0.29) is 23.7 Å². The SMILES string of the molecule is NC1CCC(NCc2ccc(-n3ccc(NC(=O)N4CCNCC4)nc3=O)cc2F)CC1. The Hall–Kier alpha value is -2.82. The van der Waals surface area contributed by atoms with Crippen molar-refractivity contribution in [2.45, 2.75) is 44.3 Å². The molecule has 1 aromatic carbocycles. The van der Waals surface area contributed by atoms with E-state index in [0.29, 0.717) is 36.9 Å². The van der Waals surface area contributed by atoms with E-state index in [1.165, 1.54) is 22.9 Å². The number of nitrogens with zero attached hydrogens (tertiary/aromatic N) is 3. The summed E-state index contributed by atoms with van der Waals surface area (Å²) in [5.41, 5.74) is 6.27. The number of hydrogen-bond acceptors (Lipinski definition) is 6. The molecular formula is C22H30FN7O2. The van der Waals surface area contributed by atoms with Crippen LogP contribution in [0.25, 0.3) is 5.69 Å². The highest BCUT2D eigenvalue weighted by molar-refractivity contribution is 5.88. The molecular weight excluding hydrogens is 413 g/mol. The molecule has 2 heterocycles. The van der Waals surface area contributed by atoms with Crippen LogP contribution in [0.3, 0.4) is 0 Å². The van der Waals surface area contributed by atoms with Gasteiger partial charge in [0.15, 0.2) is 0 Å². The number of benzene rings is 1. The number of carbonyl (C=O) groups is 1. The molecule has 172 valence electrons. The number of halogens is 1. The molecule has 0 atom stereocenters. The van der Waals surface area contributed by atoms with Gasteiger partial charge in [0.25, 0.3) is 0 Å². The van der Waals surface area contributed by atoms with Crippen molar-refractivity contribution in [1.29, 1.82) is 0 Å². The molecule has 0 unspecified atom stereocenters. The van der Waals surface area contributed by atoms with Crippen LogP contribution in [0.4, 0.5) is 15.0 Å². The van der Waals surface area contributed by atoms with Gasteiger partial charge in [-0.25, -0.2) is 14.0 Å². The largest absolute Gasteiger partial charge is 0.354 e. The number of hydrogen-bond donors (Lipinski definition) is 4. The third kappa shape index (κ3) is 5.50. The molecule has 0 radical (unpaired) electrons. The Morgan fingerprint density at radius 2 is 1.94 bits per heavy atom. The predicted molar refractivity (Wildman–Crippen MR) is 120 cm³/mol. The molecule has 1 saturated carbocycles. The molecule has 9 nitrogen and oxygen atoms in total. The van der Waals surface area contributed by atoms with E-state index in [1.807, 2.05) is 0 Å². The van der Waals surface area contributed by atoms with Crippen LogP contribution in [-0.2, 0) is 6.54 Å². The standard InChI is InChI=1S/C22H30FN7O2/c23-19-13-18(6-1-15(19)14-26-17-4-2-16(24)3-5-17)30-10-7-20(28-22(30)32)27-21(31)29-11-8-25-9-12-29/h1,6-7,10,13,16-17,25-26H,2-5,8-9,11-12,14,24H2,(H,27,28,31,32). The Kier molecular flexibility index (Phi) is 7.13. The van der Waals surface area contributed by atoms with E-state index in [4.69, 9.17) is 5.73 Å². The minimum atomic E-state index is -0.591. The smallest absolute Gasteiger partial charge is 0.328 e. The third-order valence-corrected chi connectivity index (χ3v) is 6.11. The van der Waals surface area contributed by atoms with Crippen LogP contribution in [0.2, 0.25) is 0 Å². The average Bonchev–Trinajstić information content (AvgIpc) is 2.80. The summed E-state index contributed by atoms with van der Waals surface area (Å²) in [4.78, 5) is 30.4. The average molecular weight is 444 g/mol. The number of piperazine rings is 1. The van der Waals surface area contributed by atoms with Gasteiger partial charge in [-0.05, 0) is 43.9 Å². The zero-order chi connectivity index (χ0) is 22.5. The van der Waals surface area contributed by atoms with Gasteiger partial charge in [0, 0.05) is 56.6 Å². The summed E-state index contributed by atoms with van der Waals surface area (Å²) in [6.45, 7) is 3.08. The first kappa shape index (κ1) is 22.4. The van der Waals surface area contributed by atoms with Crippen molar-refractivity contribution in [2.24, 2.45) is 5.73 Å². The fourth-order valence-corrected chi connectivity index (χ4v) is 4.13. The maximum atomic E-state index is 14.7. The van der Waals surface area contributed by atoms with Crippen LogP contribution < -0.4 is 27.4 Å². The molecule has 1 aromatic heterocycles. The number of amides is 2. The summed E-state index contributed by atoms with van der Waals surface area (Å²) in [5.74, 6) is -0.214. The van der Waals surface area contributed by atoms with Crippen molar-refractivity contribution >= 4 is 11.8 Å². The van der Waals surface area contributed by atoms with Crippen molar-refractivity contribution in [3.63, 3.8) is 0 Å². The molecule has 4 rings (SSSR count). The van der Waals surface area contributed by atoms with E-state index >= 15 is 0 Å². The zero-order valence-corrected chi connectivity index (χ0v) is 18.0. The maximum absolute atomic E-state index is 14.7. The molecule has 0 spiro atoms. The second kappa shape index (κ2) is 10.2. The lowest BCUT2D eigenvalue weighted by Crippen LogP contribution is -2.48. The van der Waals surface area contributed by atoms with Gasteiger partial charge in [-0.3, -0.25) is 9.88 Å². The van der Waals surface area contributed by atoms with Crippen molar-refractivity contribution in [1.82, 2.24) is 25.1 Å². The Labute approximate surface area is 186 Å². The topological polar surface area (TPSA) is 117 Å². The quantitative estimate of drug-likeness (QED) is 0.551. The van der Waals surface area contributed by atoms with E-state index in [2.05, 4.69) is 20.9 Å². The Bertz CT molecular complexity index is 998. The van der Waals surface area contributed by atoms with Gasteiger partial charge < -0.3 is 21.3 Å². The van der Waals surface area contributed by atoms with Gasteiger partial charge in [-0.1, -0.05) is 6.07 Å². The number of nitrogens with one attached hydrogen (secondary N) is 3. The number of rotatable bonds is 5. The van der Waals surface area contributed by atoms with E-state index < -0.39 is 5.69 Å². The highest BCUT2D eigenvalue weighted by Crippen LogP contribution is 2.19. The summed E-state index contributed by atoms with van der Waals surface area (Å²) >= 11 is 0. The molecule has 32 heavy (non-hydrogen) atoms. The zero-order valence-electron chi connectivity index (χ0n) is 18.0. The van der Waals surface area contributed by atoms with Gasteiger partial charge >= 0.3 is 11.7 Å². The molecule has 2 aliphatic rings. The first-order chi connectivity index (χ1) is 15.5. The lowest BCUT2D eigenvalue weighted by atomic mass is 9.92. The molecule has 10 heteroatoms. The summed E-state index contributed by atoms with van der Waals surface area (Å²) in [6, 6.07) is 6.57. The molecule has 2 aromatic rings. The third-order valence-electron chi connectivity index (χ3n) is 6.11. The van der Waals surface area contributed by atoms with Crippen LogP contribution in [0.15, 0.2) is 35.3 Å². The molecule has 0 bridgehead atoms. The monoisotopic (exact) mass is 443 g/mol. The van der Waals surface area contributed by atoms with Crippen LogP contribution in [0.5, 0.6) is 0 Å². The Morgan fingerprint density at radius 1 is 1.19 bits per heavy atom. The Morgan fingerprint density at radius 3 is 2.62 bits per heavy atom. The van der Waals surface area contributed by atoms with Gasteiger partial charge in [-0.15, -0.1) is 0 Å². The van der Waals surface area contributed by atoms with Crippen molar-refractivity contribution < 1.29 is 9.18 Å². The fraction of sp³-hybridized carbons (Fsp3) is 0.500. The lowest BCUT2D eigenvalue weighted by molar-refractivity contribution is 0.204. The van der Waals surface area contributed by atoms with Crippen molar-refractivity contribution in [2.75, 3.05) is 31.5 Å². The summed E-state index contributed by atoms with van der Waals surface area (Å²) < 4.78 is 15.9. The second-order valence-electron chi connectivity index (χ2n) is 8.40. The minimum absolute atomic E-state index is 0.170. The highest BCUT2D eigenvalue weighted by atomic mass is 19.1. The van der Waals surface area contributed by atoms with E-state index in [0.717, 1.165) is 38.8 Å². The molecule has 2 amide bonds. The fourth-order valence-electron chi connectivity index (χ4n) is 4.13. The van der Waals surface area contributed by atoms with Crippen molar-refractivity contribution in [3.8, 4) is 5.69 Å². The molecule has 1 saturated heterocycles. The van der Waals surface area contributed by atoms with Gasteiger partial charge in [0.05, 0.1) is 5.69 Å². The first-order valence-corrected chi connectivity index (χ1v) is 11.1. The maximum Gasteiger partial charge on any atom is 0.354 e. The normalized spacial score (nSPS) is 21.4. The summed E-state index contributed by atoms with van der Waals surface area (Å²) in [7, 11) is 0. The van der Waals surface area contributed by atoms with Gasteiger partial charge in [0.1, 0.15) is 11.6 Å². The number of nitrogens with two attached hydrogens (primary N) is 1. The van der Waals surface area contributed by atoms with E-state index in [1.54, 1.807) is 17.0 Å².